The summed E-state index contributed by atoms with van der Waals surface area (Å²) in [6.07, 6.45) is 4.41. The highest BCUT2D eigenvalue weighted by atomic mass is 79.9. The number of nitrogens with zero attached hydrogens (tertiary/aromatic N) is 2. The molecule has 0 aliphatic carbocycles. The molecule has 2 heterocycles. The first kappa shape index (κ1) is 9.54. The predicted molar refractivity (Wildman–Crippen MR) is 57.5 cm³/mol. The van der Waals surface area contributed by atoms with Crippen molar-refractivity contribution in [1.82, 2.24) is 4.98 Å². The molecule has 0 N–H and O–H groups in total. The number of hydrogen-bond acceptors (Lipinski definition) is 4. The molecule has 0 unspecified atom stereocenters. The van der Waals surface area contributed by atoms with Crippen LogP contribution >= 0.6 is 15.9 Å². The summed E-state index contributed by atoms with van der Waals surface area (Å²) in [5.41, 5.74) is 0.596. The Balaban J connectivity index is 2.53. The van der Waals surface area contributed by atoms with Crippen molar-refractivity contribution >= 4 is 34.6 Å². The third-order valence-corrected chi connectivity index (χ3v) is 4.71. The van der Waals surface area contributed by atoms with E-state index in [4.69, 9.17) is 0 Å². The van der Waals surface area contributed by atoms with E-state index >= 15 is 0 Å². The summed E-state index contributed by atoms with van der Waals surface area (Å²) >= 11 is 2.89. The van der Waals surface area contributed by atoms with E-state index in [1.54, 1.807) is 12.1 Å². The van der Waals surface area contributed by atoms with Gasteiger partial charge in [-0.05, 0) is 33.6 Å². The molecule has 0 radical (unpaired) electrons. The van der Waals surface area contributed by atoms with Gasteiger partial charge in [0.2, 0.25) is 13.8 Å². The van der Waals surface area contributed by atoms with Crippen LogP contribution < -0.4 is 0 Å². The molecule has 1 aliphatic heterocycles. The third-order valence-electron chi connectivity index (χ3n) is 1.76. The Labute approximate surface area is 89.4 Å². The molecule has 0 aromatic carbocycles. The standard InChI is InChI=1S/C8H5BrN2O2S/c9-8-11-5-7(14(8,12)13)6-1-3-10-4-2-6/h1-5H. The van der Waals surface area contributed by atoms with E-state index in [-0.39, 0.29) is 8.86 Å². The molecule has 0 saturated carbocycles. The normalized spacial score (nSPS) is 18.9. The van der Waals surface area contributed by atoms with Gasteiger partial charge in [-0.25, -0.2) is 13.4 Å². The highest BCUT2D eigenvalue weighted by Gasteiger charge is 2.28. The van der Waals surface area contributed by atoms with Crippen LogP contribution in [0.3, 0.4) is 0 Å². The molecule has 0 amide bonds. The Morgan fingerprint density at radius 2 is 1.86 bits per heavy atom. The predicted octanol–water partition coefficient (Wildman–Crippen LogP) is 1.56. The topological polar surface area (TPSA) is 59.4 Å². The van der Waals surface area contributed by atoms with Gasteiger partial charge in [0.1, 0.15) is 0 Å². The van der Waals surface area contributed by atoms with Crippen molar-refractivity contribution in [2.75, 3.05) is 0 Å². The molecular formula is C8H5BrN2O2S. The molecule has 2 rings (SSSR count). The molecule has 0 atom stereocenters. The number of sulfone groups is 1. The van der Waals surface area contributed by atoms with Crippen LogP contribution in [0.2, 0.25) is 0 Å². The third kappa shape index (κ3) is 1.40. The van der Waals surface area contributed by atoms with Crippen molar-refractivity contribution in [2.24, 2.45) is 4.99 Å². The van der Waals surface area contributed by atoms with Crippen LogP contribution in [-0.2, 0) is 9.84 Å². The zero-order valence-corrected chi connectivity index (χ0v) is 9.29. The minimum absolute atomic E-state index is 0.0446. The molecule has 0 fully saturated rings. The molecular weight excluding hydrogens is 268 g/mol. The smallest absolute Gasteiger partial charge is 0.232 e. The van der Waals surface area contributed by atoms with Crippen LogP contribution in [0, 0.1) is 0 Å². The van der Waals surface area contributed by atoms with Crippen LogP contribution in [-0.4, -0.2) is 17.4 Å². The molecule has 1 aromatic heterocycles. The van der Waals surface area contributed by atoms with Gasteiger partial charge in [-0.1, -0.05) is 0 Å². The van der Waals surface area contributed by atoms with E-state index in [0.717, 1.165) is 0 Å². The van der Waals surface area contributed by atoms with Crippen molar-refractivity contribution in [3.63, 3.8) is 0 Å². The largest absolute Gasteiger partial charge is 0.265 e. The van der Waals surface area contributed by atoms with E-state index in [1.165, 1.54) is 18.6 Å². The van der Waals surface area contributed by atoms with Crippen LogP contribution in [0.4, 0.5) is 0 Å². The summed E-state index contributed by atoms with van der Waals surface area (Å²) < 4.78 is 23.2. The summed E-state index contributed by atoms with van der Waals surface area (Å²) in [4.78, 5) is 7.72. The van der Waals surface area contributed by atoms with Crippen molar-refractivity contribution in [3.8, 4) is 0 Å². The maximum Gasteiger partial charge on any atom is 0.232 e. The van der Waals surface area contributed by atoms with Gasteiger partial charge < -0.3 is 0 Å². The van der Waals surface area contributed by atoms with Crippen molar-refractivity contribution in [3.05, 3.63) is 36.3 Å². The Morgan fingerprint density at radius 1 is 1.21 bits per heavy atom. The SMILES string of the molecule is O=S1(=O)C(c2ccncc2)=CN=C1Br. The Kier molecular flexibility index (Phi) is 2.24. The monoisotopic (exact) mass is 272 g/mol. The molecule has 4 nitrogen and oxygen atoms in total. The first-order valence-electron chi connectivity index (χ1n) is 3.71. The molecule has 1 aliphatic rings. The highest BCUT2D eigenvalue weighted by molar-refractivity contribution is 9.22. The number of hydrogen-bond donors (Lipinski definition) is 0. The summed E-state index contributed by atoms with van der Waals surface area (Å²) in [5, 5.41) is 0. The van der Waals surface area contributed by atoms with Gasteiger partial charge in [0.25, 0.3) is 0 Å². The molecule has 0 spiro atoms. The lowest BCUT2D eigenvalue weighted by Gasteiger charge is -2.00. The number of pyridine rings is 1. The van der Waals surface area contributed by atoms with Crippen LogP contribution in [0.5, 0.6) is 0 Å². The lowest BCUT2D eigenvalue weighted by Crippen LogP contribution is -2.05. The van der Waals surface area contributed by atoms with Gasteiger partial charge in [-0.15, -0.1) is 0 Å². The second-order valence-corrected chi connectivity index (χ2v) is 5.72. The second kappa shape index (κ2) is 3.29. The first-order chi connectivity index (χ1) is 6.62. The lowest BCUT2D eigenvalue weighted by molar-refractivity contribution is 0.617. The number of rotatable bonds is 1. The maximum atomic E-state index is 11.6. The number of aliphatic imine (C=N–C) groups is 1. The van der Waals surface area contributed by atoms with Crippen molar-refractivity contribution < 1.29 is 8.42 Å². The highest BCUT2D eigenvalue weighted by Crippen LogP contribution is 2.28. The lowest BCUT2D eigenvalue weighted by atomic mass is 10.3. The van der Waals surface area contributed by atoms with Crippen LogP contribution in [0.15, 0.2) is 35.7 Å². The van der Waals surface area contributed by atoms with Gasteiger partial charge in [0.15, 0.2) is 0 Å². The maximum absolute atomic E-state index is 11.6. The second-order valence-electron chi connectivity index (χ2n) is 2.61. The zero-order valence-electron chi connectivity index (χ0n) is 6.88. The van der Waals surface area contributed by atoms with Crippen molar-refractivity contribution in [2.45, 2.75) is 0 Å². The van der Waals surface area contributed by atoms with Gasteiger partial charge in [-0.2, -0.15) is 0 Å². The fourth-order valence-corrected chi connectivity index (χ4v) is 2.72. The van der Waals surface area contributed by atoms with Gasteiger partial charge >= 0.3 is 0 Å². The molecule has 14 heavy (non-hydrogen) atoms. The molecule has 1 aromatic rings. The Morgan fingerprint density at radius 3 is 2.36 bits per heavy atom. The molecule has 72 valence electrons. The summed E-state index contributed by atoms with van der Waals surface area (Å²) in [6, 6.07) is 3.26. The van der Waals surface area contributed by atoms with Gasteiger partial charge in [-0.3, -0.25) is 4.98 Å². The van der Waals surface area contributed by atoms with E-state index in [9.17, 15) is 8.42 Å². The molecule has 0 bridgehead atoms. The van der Waals surface area contributed by atoms with Crippen molar-refractivity contribution in [1.29, 1.82) is 0 Å². The fraction of sp³-hybridized carbons (Fsp3) is 0. The van der Waals surface area contributed by atoms with E-state index in [2.05, 4.69) is 25.9 Å². The minimum atomic E-state index is -3.42. The molecule has 0 saturated heterocycles. The van der Waals surface area contributed by atoms with Crippen LogP contribution in [0.25, 0.3) is 4.91 Å². The average Bonchev–Trinajstić information content (AvgIpc) is 2.44. The van der Waals surface area contributed by atoms with Gasteiger partial charge in [0, 0.05) is 18.6 Å². The summed E-state index contributed by atoms with van der Waals surface area (Å²) in [7, 11) is -3.42. The van der Waals surface area contributed by atoms with Gasteiger partial charge in [0.05, 0.1) is 4.91 Å². The van der Waals surface area contributed by atoms with Crippen LogP contribution in [0.1, 0.15) is 5.56 Å². The van der Waals surface area contributed by atoms with E-state index in [1.807, 2.05) is 0 Å². The first-order valence-corrected chi connectivity index (χ1v) is 5.99. The Bertz CT molecular complexity index is 520. The summed E-state index contributed by atoms with van der Waals surface area (Å²) in [5.74, 6) is 0. The number of halogens is 1. The number of aromatic nitrogens is 1. The minimum Gasteiger partial charge on any atom is -0.265 e. The fourth-order valence-electron chi connectivity index (χ4n) is 1.08. The van der Waals surface area contributed by atoms with E-state index < -0.39 is 9.84 Å². The summed E-state index contributed by atoms with van der Waals surface area (Å²) in [6.45, 7) is 0. The average molecular weight is 273 g/mol. The quantitative estimate of drug-likeness (QED) is 0.780. The molecule has 6 heteroatoms. The Hall–Kier alpha value is -1.01. The zero-order chi connectivity index (χ0) is 10.2. The van der Waals surface area contributed by atoms with E-state index in [0.29, 0.717) is 5.56 Å².